The SMILES string of the molecule is N#Cc1ccc(C[C@H]2COCC[C@@H]2O)cc1. The van der Waals surface area contributed by atoms with Crippen molar-refractivity contribution in [3.63, 3.8) is 0 Å². The lowest BCUT2D eigenvalue weighted by molar-refractivity contribution is -0.0350. The van der Waals surface area contributed by atoms with E-state index >= 15 is 0 Å². The van der Waals surface area contributed by atoms with Gasteiger partial charge in [0.2, 0.25) is 0 Å². The number of benzene rings is 1. The van der Waals surface area contributed by atoms with E-state index in [1.807, 2.05) is 24.3 Å². The van der Waals surface area contributed by atoms with E-state index in [2.05, 4.69) is 6.07 Å². The number of nitriles is 1. The van der Waals surface area contributed by atoms with Gasteiger partial charge in [-0.1, -0.05) is 12.1 Å². The van der Waals surface area contributed by atoms with Gasteiger partial charge < -0.3 is 9.84 Å². The summed E-state index contributed by atoms with van der Waals surface area (Å²) in [6, 6.07) is 9.60. The minimum Gasteiger partial charge on any atom is -0.393 e. The third-order valence-electron chi connectivity index (χ3n) is 3.01. The van der Waals surface area contributed by atoms with Crippen molar-refractivity contribution >= 4 is 0 Å². The fourth-order valence-corrected chi connectivity index (χ4v) is 2.00. The molecule has 1 fully saturated rings. The highest BCUT2D eigenvalue weighted by Gasteiger charge is 2.23. The zero-order valence-electron chi connectivity index (χ0n) is 9.10. The van der Waals surface area contributed by atoms with Gasteiger partial charge in [0.1, 0.15) is 0 Å². The second-order valence-corrected chi connectivity index (χ2v) is 4.20. The molecule has 2 rings (SSSR count). The van der Waals surface area contributed by atoms with Gasteiger partial charge in [0.05, 0.1) is 24.3 Å². The third kappa shape index (κ3) is 2.60. The second-order valence-electron chi connectivity index (χ2n) is 4.20. The second kappa shape index (κ2) is 5.11. The van der Waals surface area contributed by atoms with Crippen molar-refractivity contribution in [3.05, 3.63) is 35.4 Å². The maximum atomic E-state index is 9.80. The number of hydrogen-bond donors (Lipinski definition) is 1. The molecule has 0 unspecified atom stereocenters. The Morgan fingerprint density at radius 3 is 2.75 bits per heavy atom. The molecular weight excluding hydrogens is 202 g/mol. The van der Waals surface area contributed by atoms with E-state index in [4.69, 9.17) is 10.00 Å². The molecule has 0 bridgehead atoms. The van der Waals surface area contributed by atoms with Gasteiger partial charge in [0.15, 0.2) is 0 Å². The number of ether oxygens (including phenoxy) is 1. The van der Waals surface area contributed by atoms with Crippen LogP contribution in [0.5, 0.6) is 0 Å². The van der Waals surface area contributed by atoms with E-state index in [1.54, 1.807) is 0 Å². The minimum absolute atomic E-state index is 0.182. The molecule has 1 aromatic rings. The summed E-state index contributed by atoms with van der Waals surface area (Å²) in [6.07, 6.45) is 1.28. The van der Waals surface area contributed by atoms with Gasteiger partial charge in [-0.2, -0.15) is 5.26 Å². The smallest absolute Gasteiger partial charge is 0.0991 e. The summed E-state index contributed by atoms with van der Waals surface area (Å²) in [6.45, 7) is 1.28. The van der Waals surface area contributed by atoms with Crippen LogP contribution in [0.3, 0.4) is 0 Å². The summed E-state index contributed by atoms with van der Waals surface area (Å²) in [5.41, 5.74) is 1.82. The van der Waals surface area contributed by atoms with Crippen LogP contribution in [-0.4, -0.2) is 24.4 Å². The summed E-state index contributed by atoms with van der Waals surface area (Å²) < 4.78 is 5.36. The molecule has 1 aromatic carbocycles. The fraction of sp³-hybridized carbons (Fsp3) is 0.462. The van der Waals surface area contributed by atoms with Crippen molar-refractivity contribution in [2.75, 3.05) is 13.2 Å². The summed E-state index contributed by atoms with van der Waals surface area (Å²) in [7, 11) is 0. The van der Waals surface area contributed by atoms with Gasteiger partial charge in [0, 0.05) is 12.5 Å². The van der Waals surface area contributed by atoms with Crippen molar-refractivity contribution in [1.82, 2.24) is 0 Å². The first kappa shape index (κ1) is 11.1. The van der Waals surface area contributed by atoms with Crippen molar-refractivity contribution in [1.29, 1.82) is 5.26 Å². The van der Waals surface area contributed by atoms with Crippen LogP contribution in [0.2, 0.25) is 0 Å². The first-order valence-electron chi connectivity index (χ1n) is 5.54. The quantitative estimate of drug-likeness (QED) is 0.816. The van der Waals surface area contributed by atoms with Gasteiger partial charge in [-0.3, -0.25) is 0 Å². The van der Waals surface area contributed by atoms with Crippen molar-refractivity contribution in [2.45, 2.75) is 18.9 Å². The average Bonchev–Trinajstić information content (AvgIpc) is 2.33. The fourth-order valence-electron chi connectivity index (χ4n) is 2.00. The van der Waals surface area contributed by atoms with E-state index in [1.165, 1.54) is 0 Å². The lowest BCUT2D eigenvalue weighted by atomic mass is 9.91. The molecule has 1 heterocycles. The van der Waals surface area contributed by atoms with Gasteiger partial charge in [-0.15, -0.1) is 0 Å². The monoisotopic (exact) mass is 217 g/mol. The largest absolute Gasteiger partial charge is 0.393 e. The highest BCUT2D eigenvalue weighted by atomic mass is 16.5. The van der Waals surface area contributed by atoms with E-state index in [0.29, 0.717) is 18.8 Å². The molecular formula is C13H15NO2. The first-order valence-corrected chi connectivity index (χ1v) is 5.54. The van der Waals surface area contributed by atoms with Crippen molar-refractivity contribution in [3.8, 4) is 6.07 Å². The molecule has 1 N–H and O–H groups in total. The Kier molecular flexibility index (Phi) is 3.55. The van der Waals surface area contributed by atoms with Gasteiger partial charge in [0.25, 0.3) is 0 Å². The van der Waals surface area contributed by atoms with Crippen LogP contribution in [-0.2, 0) is 11.2 Å². The Morgan fingerprint density at radius 1 is 1.38 bits per heavy atom. The van der Waals surface area contributed by atoms with Crippen LogP contribution in [0.1, 0.15) is 17.5 Å². The molecule has 1 aliphatic rings. The van der Waals surface area contributed by atoms with Gasteiger partial charge in [-0.05, 0) is 30.5 Å². The van der Waals surface area contributed by atoms with Crippen LogP contribution in [0.4, 0.5) is 0 Å². The number of aliphatic hydroxyl groups excluding tert-OH is 1. The zero-order valence-corrected chi connectivity index (χ0v) is 9.10. The normalized spacial score (nSPS) is 25.0. The maximum absolute atomic E-state index is 9.80. The number of nitrogens with zero attached hydrogens (tertiary/aromatic N) is 1. The summed E-state index contributed by atoms with van der Waals surface area (Å²) >= 11 is 0. The predicted octanol–water partition coefficient (Wildman–Crippen LogP) is 1.50. The van der Waals surface area contributed by atoms with Crippen LogP contribution in [0, 0.1) is 17.2 Å². The Morgan fingerprint density at radius 2 is 2.12 bits per heavy atom. The minimum atomic E-state index is -0.260. The molecule has 0 amide bonds. The maximum Gasteiger partial charge on any atom is 0.0991 e. The molecule has 1 aliphatic heterocycles. The topological polar surface area (TPSA) is 53.2 Å². The summed E-state index contributed by atoms with van der Waals surface area (Å²) in [5.74, 6) is 0.182. The van der Waals surface area contributed by atoms with E-state index < -0.39 is 0 Å². The molecule has 2 atom stereocenters. The predicted molar refractivity (Wildman–Crippen MR) is 59.8 cm³/mol. The Balaban J connectivity index is 2.00. The molecule has 84 valence electrons. The summed E-state index contributed by atoms with van der Waals surface area (Å²) in [4.78, 5) is 0. The molecule has 0 aromatic heterocycles. The van der Waals surface area contributed by atoms with Crippen molar-refractivity contribution < 1.29 is 9.84 Å². The Labute approximate surface area is 95.3 Å². The number of hydrogen-bond acceptors (Lipinski definition) is 3. The van der Waals surface area contributed by atoms with Crippen LogP contribution < -0.4 is 0 Å². The highest BCUT2D eigenvalue weighted by Crippen LogP contribution is 2.19. The van der Waals surface area contributed by atoms with E-state index in [0.717, 1.165) is 18.4 Å². The molecule has 3 heteroatoms. The van der Waals surface area contributed by atoms with Crippen LogP contribution in [0.15, 0.2) is 24.3 Å². The lowest BCUT2D eigenvalue weighted by Crippen LogP contribution is -2.33. The molecule has 16 heavy (non-hydrogen) atoms. The molecule has 0 aliphatic carbocycles. The third-order valence-corrected chi connectivity index (χ3v) is 3.01. The van der Waals surface area contributed by atoms with Crippen LogP contribution >= 0.6 is 0 Å². The number of rotatable bonds is 2. The van der Waals surface area contributed by atoms with Crippen LogP contribution in [0.25, 0.3) is 0 Å². The molecule has 0 radical (unpaired) electrons. The standard InChI is InChI=1S/C13H15NO2/c14-8-11-3-1-10(2-4-11)7-12-9-16-6-5-13(12)15/h1-4,12-13,15H,5-7,9H2/t12-,13-/m0/s1. The Hall–Kier alpha value is -1.37. The van der Waals surface area contributed by atoms with Gasteiger partial charge >= 0.3 is 0 Å². The Bertz CT molecular complexity index is 380. The van der Waals surface area contributed by atoms with E-state index in [-0.39, 0.29) is 12.0 Å². The molecule has 3 nitrogen and oxygen atoms in total. The summed E-state index contributed by atoms with van der Waals surface area (Å²) in [5, 5.41) is 18.5. The first-order chi connectivity index (χ1) is 7.79. The lowest BCUT2D eigenvalue weighted by Gasteiger charge is -2.27. The molecule has 0 saturated carbocycles. The van der Waals surface area contributed by atoms with Gasteiger partial charge in [-0.25, -0.2) is 0 Å². The number of aliphatic hydroxyl groups is 1. The highest BCUT2D eigenvalue weighted by molar-refractivity contribution is 5.31. The van der Waals surface area contributed by atoms with Crippen molar-refractivity contribution in [2.24, 2.45) is 5.92 Å². The average molecular weight is 217 g/mol. The molecule has 0 spiro atoms. The zero-order chi connectivity index (χ0) is 11.4. The van der Waals surface area contributed by atoms with E-state index in [9.17, 15) is 5.11 Å². The molecule has 1 saturated heterocycles.